The van der Waals surface area contributed by atoms with E-state index in [1.54, 1.807) is 0 Å². The van der Waals surface area contributed by atoms with Crippen LogP contribution in [0.1, 0.15) is 17.0 Å². The lowest BCUT2D eigenvalue weighted by molar-refractivity contribution is -0.113. The van der Waals surface area contributed by atoms with Crippen molar-refractivity contribution in [1.82, 2.24) is 14.8 Å². The van der Waals surface area contributed by atoms with Gasteiger partial charge in [-0.1, -0.05) is 47.2 Å². The van der Waals surface area contributed by atoms with Gasteiger partial charge in [-0.25, -0.2) is 4.39 Å². The van der Waals surface area contributed by atoms with E-state index in [4.69, 9.17) is 4.74 Å². The Balaban J connectivity index is 1.50. The summed E-state index contributed by atoms with van der Waals surface area (Å²) < 4.78 is 20.9. The van der Waals surface area contributed by atoms with Gasteiger partial charge in [-0.15, -0.1) is 10.2 Å². The number of benzene rings is 3. The third-order valence-electron chi connectivity index (χ3n) is 4.84. The molecule has 0 unspecified atom stereocenters. The van der Waals surface area contributed by atoms with Crippen LogP contribution in [0, 0.1) is 19.7 Å². The molecule has 0 radical (unpaired) electrons. The molecule has 4 rings (SSSR count). The van der Waals surface area contributed by atoms with Gasteiger partial charge in [0.25, 0.3) is 0 Å². The lowest BCUT2D eigenvalue weighted by atomic mass is 10.2. The van der Waals surface area contributed by atoms with Crippen molar-refractivity contribution in [1.29, 1.82) is 0 Å². The Morgan fingerprint density at radius 1 is 0.939 bits per heavy atom. The van der Waals surface area contributed by atoms with Crippen LogP contribution in [-0.4, -0.2) is 26.4 Å². The number of anilines is 1. The molecule has 0 bridgehead atoms. The van der Waals surface area contributed by atoms with Crippen LogP contribution < -0.4 is 10.1 Å². The van der Waals surface area contributed by atoms with E-state index >= 15 is 0 Å². The SMILES string of the molecule is Cc1ccc(OCc2nnc(SCC(=O)Nc3ccc(F)cc3)n2-c2ccc(C)cc2)cc1. The minimum Gasteiger partial charge on any atom is -0.486 e. The standard InChI is InChI=1S/C25H23FN4O2S/c1-17-3-11-21(12-4-17)30-23(15-32-22-13-5-18(2)6-14-22)28-29-25(30)33-16-24(31)27-20-9-7-19(26)8-10-20/h3-14H,15-16H2,1-2H3,(H,27,31). The number of carbonyl (C=O) groups is 1. The maximum atomic E-state index is 13.1. The molecule has 0 aliphatic heterocycles. The number of carbonyl (C=O) groups excluding carboxylic acids is 1. The topological polar surface area (TPSA) is 69.0 Å². The highest BCUT2D eigenvalue weighted by Crippen LogP contribution is 2.24. The average Bonchev–Trinajstić information content (AvgIpc) is 3.22. The van der Waals surface area contributed by atoms with Gasteiger partial charge in [0.15, 0.2) is 11.0 Å². The Labute approximate surface area is 195 Å². The zero-order chi connectivity index (χ0) is 23.2. The largest absolute Gasteiger partial charge is 0.486 e. The summed E-state index contributed by atoms with van der Waals surface area (Å²) >= 11 is 1.27. The van der Waals surface area contributed by atoms with E-state index in [9.17, 15) is 9.18 Å². The van der Waals surface area contributed by atoms with E-state index in [1.165, 1.54) is 36.0 Å². The van der Waals surface area contributed by atoms with Crippen molar-refractivity contribution in [2.45, 2.75) is 25.6 Å². The molecule has 8 heteroatoms. The molecule has 3 aromatic carbocycles. The van der Waals surface area contributed by atoms with Gasteiger partial charge in [0.2, 0.25) is 5.91 Å². The minimum atomic E-state index is -0.353. The second kappa shape index (κ2) is 10.3. The van der Waals surface area contributed by atoms with E-state index in [0.717, 1.165) is 22.6 Å². The van der Waals surface area contributed by atoms with Crippen LogP contribution in [0.5, 0.6) is 5.75 Å². The highest BCUT2D eigenvalue weighted by Gasteiger charge is 2.17. The number of thioether (sulfide) groups is 1. The van der Waals surface area contributed by atoms with Gasteiger partial charge in [0.05, 0.1) is 5.75 Å². The average molecular weight is 463 g/mol. The summed E-state index contributed by atoms with van der Waals surface area (Å²) in [4.78, 5) is 12.4. The Morgan fingerprint density at radius 2 is 1.58 bits per heavy atom. The smallest absolute Gasteiger partial charge is 0.234 e. The van der Waals surface area contributed by atoms with E-state index < -0.39 is 0 Å². The Morgan fingerprint density at radius 3 is 2.24 bits per heavy atom. The van der Waals surface area contributed by atoms with Crippen molar-refractivity contribution in [3.63, 3.8) is 0 Å². The highest BCUT2D eigenvalue weighted by atomic mass is 32.2. The zero-order valence-corrected chi connectivity index (χ0v) is 19.1. The number of amides is 1. The Hall–Kier alpha value is -3.65. The van der Waals surface area contributed by atoms with E-state index in [2.05, 4.69) is 15.5 Å². The molecular formula is C25H23FN4O2S. The number of hydrogen-bond donors (Lipinski definition) is 1. The van der Waals surface area contributed by atoms with Gasteiger partial charge in [-0.2, -0.15) is 0 Å². The predicted molar refractivity (Wildman–Crippen MR) is 127 cm³/mol. The molecule has 1 amide bonds. The summed E-state index contributed by atoms with van der Waals surface area (Å²) in [5, 5.41) is 11.9. The van der Waals surface area contributed by atoms with Crippen LogP contribution in [0.2, 0.25) is 0 Å². The molecule has 1 heterocycles. The molecule has 0 spiro atoms. The van der Waals surface area contributed by atoms with Crippen LogP contribution in [0.25, 0.3) is 5.69 Å². The molecule has 6 nitrogen and oxygen atoms in total. The Kier molecular flexibility index (Phi) is 7.04. The zero-order valence-electron chi connectivity index (χ0n) is 18.3. The van der Waals surface area contributed by atoms with Gasteiger partial charge in [0.1, 0.15) is 18.2 Å². The van der Waals surface area contributed by atoms with E-state index in [-0.39, 0.29) is 24.1 Å². The van der Waals surface area contributed by atoms with Gasteiger partial charge in [0, 0.05) is 11.4 Å². The molecule has 1 N–H and O–H groups in total. The lowest BCUT2D eigenvalue weighted by Gasteiger charge is -2.12. The summed E-state index contributed by atoms with van der Waals surface area (Å²) in [5.41, 5.74) is 3.71. The summed E-state index contributed by atoms with van der Waals surface area (Å²) in [6.07, 6.45) is 0. The molecule has 33 heavy (non-hydrogen) atoms. The number of nitrogens with one attached hydrogen (secondary N) is 1. The summed E-state index contributed by atoms with van der Waals surface area (Å²) in [6, 6.07) is 21.4. The van der Waals surface area contributed by atoms with Crippen molar-refractivity contribution in [2.24, 2.45) is 0 Å². The number of aryl methyl sites for hydroxylation is 2. The third kappa shape index (κ3) is 5.98. The minimum absolute atomic E-state index is 0.125. The van der Waals surface area contributed by atoms with Gasteiger partial charge >= 0.3 is 0 Å². The highest BCUT2D eigenvalue weighted by molar-refractivity contribution is 7.99. The lowest BCUT2D eigenvalue weighted by Crippen LogP contribution is -2.14. The first-order chi connectivity index (χ1) is 16.0. The van der Waals surface area contributed by atoms with Crippen LogP contribution in [0.3, 0.4) is 0 Å². The van der Waals surface area contributed by atoms with Crippen LogP contribution >= 0.6 is 11.8 Å². The van der Waals surface area contributed by atoms with Gasteiger partial charge in [-0.05, 0) is 62.4 Å². The molecule has 0 saturated carbocycles. The van der Waals surface area contributed by atoms with Crippen LogP contribution in [-0.2, 0) is 11.4 Å². The number of ether oxygens (including phenoxy) is 1. The fraction of sp³-hybridized carbons (Fsp3) is 0.160. The Bertz CT molecular complexity index is 1220. The molecule has 0 aliphatic carbocycles. The molecule has 0 aliphatic rings. The van der Waals surface area contributed by atoms with Crippen molar-refractivity contribution in [3.8, 4) is 11.4 Å². The van der Waals surface area contributed by atoms with Crippen molar-refractivity contribution >= 4 is 23.4 Å². The fourth-order valence-electron chi connectivity index (χ4n) is 3.08. The van der Waals surface area contributed by atoms with Gasteiger partial charge < -0.3 is 10.1 Å². The van der Waals surface area contributed by atoms with E-state index in [0.29, 0.717) is 16.7 Å². The molecule has 4 aromatic rings. The fourth-order valence-corrected chi connectivity index (χ4v) is 3.85. The molecule has 0 saturated heterocycles. The molecular weight excluding hydrogens is 439 g/mol. The second-order valence-electron chi connectivity index (χ2n) is 7.52. The first-order valence-corrected chi connectivity index (χ1v) is 11.4. The summed E-state index contributed by atoms with van der Waals surface area (Å²) in [7, 11) is 0. The summed E-state index contributed by atoms with van der Waals surface area (Å²) in [6.45, 7) is 4.27. The van der Waals surface area contributed by atoms with Crippen molar-refractivity contribution in [2.75, 3.05) is 11.1 Å². The maximum Gasteiger partial charge on any atom is 0.234 e. The number of halogens is 1. The second-order valence-corrected chi connectivity index (χ2v) is 8.46. The van der Waals surface area contributed by atoms with Crippen LogP contribution in [0.15, 0.2) is 78.0 Å². The predicted octanol–water partition coefficient (Wildman–Crippen LogP) is 5.33. The maximum absolute atomic E-state index is 13.1. The third-order valence-corrected chi connectivity index (χ3v) is 5.77. The molecule has 0 fully saturated rings. The number of aromatic nitrogens is 3. The monoisotopic (exact) mass is 462 g/mol. The first-order valence-electron chi connectivity index (χ1n) is 10.4. The number of rotatable bonds is 8. The van der Waals surface area contributed by atoms with Crippen LogP contribution in [0.4, 0.5) is 10.1 Å². The first kappa shape index (κ1) is 22.5. The van der Waals surface area contributed by atoms with Crippen molar-refractivity contribution in [3.05, 3.63) is 95.6 Å². The molecule has 1 aromatic heterocycles. The summed E-state index contributed by atoms with van der Waals surface area (Å²) in [5.74, 6) is 0.921. The van der Waals surface area contributed by atoms with Crippen molar-refractivity contribution < 1.29 is 13.9 Å². The number of hydrogen-bond acceptors (Lipinski definition) is 5. The van der Waals surface area contributed by atoms with Gasteiger partial charge in [-0.3, -0.25) is 9.36 Å². The number of nitrogens with zero attached hydrogens (tertiary/aromatic N) is 3. The quantitative estimate of drug-likeness (QED) is 0.358. The molecule has 0 atom stereocenters. The molecule has 168 valence electrons. The van der Waals surface area contributed by atoms with E-state index in [1.807, 2.05) is 66.9 Å². The normalized spacial score (nSPS) is 10.8.